The Balaban J connectivity index is 0.794. The highest BCUT2D eigenvalue weighted by Crippen LogP contribution is 2.51. The summed E-state index contributed by atoms with van der Waals surface area (Å²) in [4.78, 5) is 138. The molecule has 4 aromatic carbocycles. The fraction of sp³-hybridized carbons (Fsp3) is 0.414. The molecule has 0 spiro atoms. The Hall–Kier alpha value is -7.82. The van der Waals surface area contributed by atoms with Crippen molar-refractivity contribution >= 4 is 70.6 Å². The molecule has 17 nitrogen and oxygen atoms in total. The first-order chi connectivity index (χ1) is 35.5. The third kappa shape index (κ3) is 8.40. The van der Waals surface area contributed by atoms with Crippen LogP contribution >= 0.6 is 0 Å². The highest BCUT2D eigenvalue weighted by molar-refractivity contribution is 6.35. The highest BCUT2D eigenvalue weighted by Gasteiger charge is 2.57. The van der Waals surface area contributed by atoms with E-state index in [0.29, 0.717) is 49.9 Å². The maximum absolute atomic E-state index is 13.9. The Bertz CT molecular complexity index is 2960. The molecule has 17 heteroatoms. The van der Waals surface area contributed by atoms with Gasteiger partial charge in [0.1, 0.15) is 23.6 Å². The largest absolute Gasteiger partial charge is 0.480 e. The topological polar surface area (TPSA) is 233 Å². The second-order valence-corrected chi connectivity index (χ2v) is 22.6. The van der Waals surface area contributed by atoms with Crippen LogP contribution in [0.4, 0.5) is 11.4 Å². The standard InChI is InChI=1S/C58H58N4O13/c1-29(2)23-45(55(71)72)61-49(65)39-19-21-57(5,27-43(39)53(61)69)31-7-11-33(12-8-31)59-47(63)37-17-15-35(25-41(37)51(59)67)75-36-16-18-38-42(26-36)52(68)60(48(38)64)34-13-9-32(10-14-34)58(6)22-20-40-44(28-58)54(70)62(50(40)66)46(56(73)74)24-30(3)4/h7-18,25-26,29-30,39-40,43-46H,19-24,27-28H2,1-6H3,(H,71,72)(H,73,74)/t39-,40+,43+,44-,45-,46+,57?,58?. The Labute approximate surface area is 432 Å². The molecule has 0 aromatic heterocycles. The summed E-state index contributed by atoms with van der Waals surface area (Å²) in [6, 6.07) is 20.4. The number of aliphatic carboxylic acids is 2. The van der Waals surface area contributed by atoms with Crippen LogP contribution in [0.2, 0.25) is 0 Å². The number of imide groups is 4. The monoisotopic (exact) mass is 1020 g/mol. The molecule has 2 saturated carbocycles. The Morgan fingerprint density at radius 2 is 0.840 bits per heavy atom. The highest BCUT2D eigenvalue weighted by atomic mass is 16.5. The van der Waals surface area contributed by atoms with E-state index in [1.165, 1.54) is 36.4 Å². The number of carboxylic acid groups (broad SMARTS) is 2. The lowest BCUT2D eigenvalue weighted by molar-refractivity contribution is -0.155. The lowest BCUT2D eigenvalue weighted by atomic mass is 9.64. The average Bonchev–Trinajstić information content (AvgIpc) is 3.98. The first-order valence-corrected chi connectivity index (χ1v) is 25.7. The molecule has 10 rings (SSSR count). The van der Waals surface area contributed by atoms with Gasteiger partial charge in [0.25, 0.3) is 23.6 Å². The van der Waals surface area contributed by atoms with E-state index in [0.717, 1.165) is 30.7 Å². The molecule has 75 heavy (non-hydrogen) atoms. The molecule has 4 fully saturated rings. The first-order valence-electron chi connectivity index (χ1n) is 25.7. The quantitative estimate of drug-likeness (QED) is 0.114. The van der Waals surface area contributed by atoms with Crippen molar-refractivity contribution in [2.45, 2.75) is 116 Å². The van der Waals surface area contributed by atoms with E-state index >= 15 is 0 Å². The fourth-order valence-electron chi connectivity index (χ4n) is 12.7. The van der Waals surface area contributed by atoms with Gasteiger partial charge in [-0.05, 0) is 146 Å². The van der Waals surface area contributed by atoms with Crippen molar-refractivity contribution < 1.29 is 62.9 Å². The van der Waals surface area contributed by atoms with Gasteiger partial charge in [-0.3, -0.25) is 48.2 Å². The number of nitrogens with zero attached hydrogens (tertiary/aromatic N) is 4. The molecule has 2 saturated heterocycles. The predicted octanol–water partition coefficient (Wildman–Crippen LogP) is 8.16. The molecular weight excluding hydrogens is 961 g/mol. The second kappa shape index (κ2) is 18.5. The van der Waals surface area contributed by atoms with E-state index in [4.69, 9.17) is 4.74 Å². The van der Waals surface area contributed by atoms with Gasteiger partial charge in [0.2, 0.25) is 23.6 Å². The van der Waals surface area contributed by atoms with Crippen LogP contribution in [-0.4, -0.2) is 91.3 Å². The number of rotatable bonds is 14. The molecule has 4 aromatic rings. The Morgan fingerprint density at radius 3 is 1.17 bits per heavy atom. The van der Waals surface area contributed by atoms with Gasteiger partial charge in [-0.15, -0.1) is 0 Å². The molecule has 2 aliphatic carbocycles. The number of hydrogen-bond acceptors (Lipinski definition) is 11. The number of carbonyl (C=O) groups is 10. The second-order valence-electron chi connectivity index (χ2n) is 22.6. The van der Waals surface area contributed by atoms with Crippen molar-refractivity contribution in [3.63, 3.8) is 0 Å². The predicted molar refractivity (Wildman–Crippen MR) is 270 cm³/mol. The van der Waals surface area contributed by atoms with Crippen LogP contribution in [0.1, 0.15) is 145 Å². The molecule has 6 aliphatic rings. The zero-order valence-electron chi connectivity index (χ0n) is 42.5. The normalized spacial score (nSPS) is 26.1. The molecule has 0 radical (unpaired) electrons. The summed E-state index contributed by atoms with van der Waals surface area (Å²) >= 11 is 0. The van der Waals surface area contributed by atoms with Crippen molar-refractivity contribution in [1.29, 1.82) is 0 Å². The molecule has 8 atom stereocenters. The summed E-state index contributed by atoms with van der Waals surface area (Å²) in [7, 11) is 0. The molecule has 0 bridgehead atoms. The minimum absolute atomic E-state index is 0.0408. The van der Waals surface area contributed by atoms with Crippen LogP contribution in [0.15, 0.2) is 84.9 Å². The van der Waals surface area contributed by atoms with E-state index in [1.54, 1.807) is 48.5 Å². The van der Waals surface area contributed by atoms with Gasteiger partial charge in [-0.1, -0.05) is 65.8 Å². The molecule has 4 aliphatic heterocycles. The maximum Gasteiger partial charge on any atom is 0.326 e. The number of anilines is 2. The van der Waals surface area contributed by atoms with E-state index in [-0.39, 0.29) is 58.4 Å². The summed E-state index contributed by atoms with van der Waals surface area (Å²) < 4.78 is 6.13. The molecular formula is C58H58N4O13. The van der Waals surface area contributed by atoms with Crippen LogP contribution in [0.25, 0.3) is 0 Å². The van der Waals surface area contributed by atoms with Crippen LogP contribution in [0, 0.1) is 35.5 Å². The number of ether oxygens (including phenoxy) is 1. The van der Waals surface area contributed by atoms with E-state index < -0.39 is 106 Å². The van der Waals surface area contributed by atoms with Gasteiger partial charge in [0.15, 0.2) is 0 Å². The van der Waals surface area contributed by atoms with Gasteiger partial charge in [-0.25, -0.2) is 19.4 Å². The molecule has 2 N–H and O–H groups in total. The summed E-state index contributed by atoms with van der Waals surface area (Å²) in [6.07, 6.45) is 2.95. The zero-order chi connectivity index (χ0) is 53.7. The SMILES string of the molecule is CC(C)C[C@H](C(=O)O)N1C(=O)[C@H]2CC(C)(c3ccc(N4C(=O)c5ccc(Oc6ccc7c(c6)C(=O)N(c6ccc(C8(C)CC[C@@H]9C(=O)N([C@@H](CC(C)C)C(=O)O)C(=O)[C@@H]9C8)cc6)C7=O)cc5C4=O)cc3)CC[C@H]2C1=O. The third-order valence-corrected chi connectivity index (χ3v) is 16.7. The summed E-state index contributed by atoms with van der Waals surface area (Å²) in [6.45, 7) is 11.4. The van der Waals surface area contributed by atoms with E-state index in [2.05, 4.69) is 0 Å². The van der Waals surface area contributed by atoms with Gasteiger partial charge in [0.05, 0.1) is 57.3 Å². The number of carboxylic acids is 2. The maximum atomic E-state index is 13.9. The van der Waals surface area contributed by atoms with Crippen molar-refractivity contribution in [1.82, 2.24) is 9.80 Å². The number of amides is 8. The Morgan fingerprint density at radius 1 is 0.507 bits per heavy atom. The molecule has 4 heterocycles. The van der Waals surface area contributed by atoms with Crippen molar-refractivity contribution in [2.75, 3.05) is 9.80 Å². The van der Waals surface area contributed by atoms with Gasteiger partial charge in [0, 0.05) is 0 Å². The van der Waals surface area contributed by atoms with E-state index in [9.17, 15) is 58.2 Å². The molecule has 2 unspecified atom stereocenters. The number of likely N-dealkylation sites (tertiary alicyclic amines) is 2. The summed E-state index contributed by atoms with van der Waals surface area (Å²) in [5.41, 5.74) is 1.75. The van der Waals surface area contributed by atoms with Crippen LogP contribution < -0.4 is 14.5 Å². The summed E-state index contributed by atoms with van der Waals surface area (Å²) in [5, 5.41) is 19.9. The minimum atomic E-state index is -1.22. The number of fused-ring (bicyclic) bond motifs is 4. The number of benzene rings is 4. The first kappa shape index (κ1) is 50.7. The van der Waals surface area contributed by atoms with Crippen molar-refractivity contribution in [2.24, 2.45) is 35.5 Å². The summed E-state index contributed by atoms with van der Waals surface area (Å²) in [5.74, 6) is -8.58. The fourth-order valence-corrected chi connectivity index (χ4v) is 12.7. The average molecular weight is 1020 g/mol. The van der Waals surface area contributed by atoms with E-state index in [1.807, 2.05) is 41.5 Å². The molecule has 388 valence electrons. The zero-order valence-corrected chi connectivity index (χ0v) is 42.5. The van der Waals surface area contributed by atoms with Crippen LogP contribution in [0.3, 0.4) is 0 Å². The molecule has 8 amide bonds. The third-order valence-electron chi connectivity index (χ3n) is 16.7. The van der Waals surface area contributed by atoms with Crippen molar-refractivity contribution in [3.8, 4) is 11.5 Å². The number of hydrogen-bond donors (Lipinski definition) is 2. The van der Waals surface area contributed by atoms with Crippen molar-refractivity contribution in [3.05, 3.63) is 118 Å². The smallest absolute Gasteiger partial charge is 0.326 e. The van der Waals surface area contributed by atoms with Crippen LogP contribution in [0.5, 0.6) is 11.5 Å². The van der Waals surface area contributed by atoms with Gasteiger partial charge < -0.3 is 14.9 Å². The van der Waals surface area contributed by atoms with Gasteiger partial charge in [-0.2, -0.15) is 0 Å². The number of carbonyl (C=O) groups excluding carboxylic acids is 8. The minimum Gasteiger partial charge on any atom is -0.480 e. The lowest BCUT2D eigenvalue weighted by Gasteiger charge is -2.38. The van der Waals surface area contributed by atoms with Gasteiger partial charge >= 0.3 is 11.9 Å². The van der Waals surface area contributed by atoms with Crippen LogP contribution in [-0.2, 0) is 39.6 Å². The Kier molecular flexibility index (Phi) is 12.5. The lowest BCUT2D eigenvalue weighted by Crippen LogP contribution is -2.46.